The molecule has 3 aliphatic heterocycles. The Kier molecular flexibility index (Phi) is 23.3. The molecule has 2 atom stereocenters. The maximum atomic E-state index is 11.5. The van der Waals surface area contributed by atoms with Crippen molar-refractivity contribution in [3.05, 3.63) is 0 Å². The Morgan fingerprint density at radius 3 is 1.52 bits per heavy atom. The van der Waals surface area contributed by atoms with Gasteiger partial charge in [-0.1, -0.05) is 12.6 Å². The van der Waals surface area contributed by atoms with Gasteiger partial charge in [0.1, 0.15) is 21.2 Å². The van der Waals surface area contributed by atoms with E-state index in [1.165, 1.54) is 46.2 Å². The summed E-state index contributed by atoms with van der Waals surface area (Å²) in [5, 5.41) is 1.55. The smallest absolute Gasteiger partial charge is 0.416 e. The van der Waals surface area contributed by atoms with E-state index < -0.39 is 44.4 Å². The molecule has 3 fully saturated rings. The zero-order chi connectivity index (χ0) is 31.0. The number of thiol groups is 1. The standard InChI is InChI=1S/C8H12BNO3S.C2H5BS.2B11/c11-7(1-4-14-6-5-9-6)10-2-3-13-8(10)12;4-2-1-3-2;2*1-7-10(6)11(8(2)3)9(4)5/h6,9H,1-5H2;2-4H,1H2;;. The third-order valence-electron chi connectivity index (χ3n) is 5.91. The molecule has 0 bridgehead atoms. The highest BCUT2D eigenvalue weighted by atomic mass is 32.2. The summed E-state index contributed by atoms with van der Waals surface area (Å²) in [7, 11) is 69.6. The summed E-state index contributed by atoms with van der Waals surface area (Å²) in [6, 6.07) is 0. The van der Waals surface area contributed by atoms with Crippen molar-refractivity contribution in [3.8, 4) is 0 Å². The van der Waals surface area contributed by atoms with E-state index >= 15 is 0 Å². The fourth-order valence-electron chi connectivity index (χ4n) is 3.17. The van der Waals surface area contributed by atoms with Crippen LogP contribution in [0.15, 0.2) is 0 Å². The van der Waals surface area contributed by atoms with Gasteiger partial charge in [-0.3, -0.25) is 4.79 Å². The molecule has 164 valence electrons. The molecule has 3 heterocycles. The van der Waals surface area contributed by atoms with Crippen LogP contribution in [-0.4, -0.2) is 219 Å². The van der Waals surface area contributed by atoms with Crippen LogP contribution >= 0.6 is 24.4 Å². The van der Waals surface area contributed by atoms with Gasteiger partial charge < -0.3 is 4.74 Å². The molecule has 0 aromatic rings. The summed E-state index contributed by atoms with van der Waals surface area (Å²) >= 11 is 5.91. The first kappa shape index (κ1) is 41.2. The van der Waals surface area contributed by atoms with Crippen molar-refractivity contribution in [2.24, 2.45) is 0 Å². The molecule has 0 N–H and O–H groups in total. The first-order valence-electron chi connectivity index (χ1n) is 13.1. The van der Waals surface area contributed by atoms with Crippen molar-refractivity contribution in [2.75, 3.05) is 18.9 Å². The van der Waals surface area contributed by atoms with Crippen LogP contribution in [0.4, 0.5) is 4.79 Å². The van der Waals surface area contributed by atoms with Gasteiger partial charge in [-0.2, -0.15) is 24.4 Å². The second-order valence-electron chi connectivity index (χ2n) is 9.71. The third-order valence-corrected chi connectivity index (χ3v) is 7.81. The summed E-state index contributed by atoms with van der Waals surface area (Å²) in [5.74, 6) is 0.730. The predicted octanol–water partition coefficient (Wildman–Crippen LogP) is -7.98. The van der Waals surface area contributed by atoms with E-state index in [1.807, 2.05) is 11.8 Å². The van der Waals surface area contributed by atoms with Crippen molar-refractivity contribution in [1.82, 2.24) is 4.90 Å². The molecule has 3 rings (SSSR count). The number of rotatable bonds is 12. The minimum atomic E-state index is -0.648. The Morgan fingerprint density at radius 1 is 0.900 bits per heavy atom. The lowest BCUT2D eigenvalue weighted by atomic mass is 8.56. The fraction of sp³-hybridized carbons (Fsp3) is 0.800. The molecule has 2 amide bonds. The Labute approximate surface area is 275 Å². The highest BCUT2D eigenvalue weighted by Gasteiger charge is 2.30. The van der Waals surface area contributed by atoms with E-state index in [0.717, 1.165) is 16.1 Å². The van der Waals surface area contributed by atoms with Crippen LogP contribution < -0.4 is 0 Å². The molecule has 3 aliphatic rings. The number of amides is 2. The number of hydrogen-bond acceptors (Lipinski definition) is 5. The summed E-state index contributed by atoms with van der Waals surface area (Å²) < 4.78 is 4.69. The van der Waals surface area contributed by atoms with Crippen LogP contribution in [0.3, 0.4) is 0 Å². The van der Waals surface area contributed by atoms with E-state index in [2.05, 4.69) is 17.4 Å². The minimum absolute atomic E-state index is 0.0966. The average molecular weight is 523 g/mol. The molecule has 2 unspecified atom stereocenters. The summed E-state index contributed by atoms with van der Waals surface area (Å²) in [6.45, 7) is 0.770. The van der Waals surface area contributed by atoms with Gasteiger partial charge in [0.2, 0.25) is 5.91 Å². The van der Waals surface area contributed by atoms with Crippen LogP contribution in [0.2, 0.25) is 12.6 Å². The van der Waals surface area contributed by atoms with Crippen molar-refractivity contribution in [3.63, 3.8) is 0 Å². The summed E-state index contributed by atoms with van der Waals surface area (Å²) in [5.41, 5.74) is 0. The van der Waals surface area contributed by atoms with E-state index in [4.69, 9.17) is 92.8 Å². The van der Waals surface area contributed by atoms with Crippen LogP contribution in [0.1, 0.15) is 6.42 Å². The molecule has 0 spiro atoms. The number of carbonyl (C=O) groups excluding carboxylic acids is 2. The van der Waals surface area contributed by atoms with Crippen LogP contribution in [-0.2, 0) is 9.53 Å². The lowest BCUT2D eigenvalue weighted by Gasteiger charge is -2.25. The highest BCUT2D eigenvalue weighted by molar-refractivity contribution is 8.03. The largest absolute Gasteiger partial charge is 0.447 e. The lowest BCUT2D eigenvalue weighted by molar-refractivity contribution is -0.127. The first-order valence-corrected chi connectivity index (χ1v) is 14.7. The van der Waals surface area contributed by atoms with Gasteiger partial charge in [0.05, 0.1) is 6.54 Å². The summed E-state index contributed by atoms with van der Waals surface area (Å²) in [4.78, 5) is 23.7. The zero-order valence-corrected chi connectivity index (χ0v) is 24.8. The van der Waals surface area contributed by atoms with Crippen LogP contribution in [0.5, 0.6) is 0 Å². The van der Waals surface area contributed by atoms with Crippen LogP contribution in [0, 0.1) is 0 Å². The third kappa shape index (κ3) is 18.8. The van der Waals surface area contributed by atoms with E-state index in [0.29, 0.717) is 19.6 Å². The van der Waals surface area contributed by atoms with Gasteiger partial charge in [0, 0.05) is 170 Å². The number of carbonyl (C=O) groups is 2. The van der Waals surface area contributed by atoms with Gasteiger partial charge in [-0.25, -0.2) is 9.69 Å². The van der Waals surface area contributed by atoms with E-state index in [1.54, 1.807) is 0 Å². The maximum absolute atomic E-state index is 11.5. The molecule has 4 nitrogen and oxygen atoms in total. The number of hydrogen-bond donors (Lipinski definition) is 1. The van der Waals surface area contributed by atoms with Crippen molar-refractivity contribution >= 4 is 209 Å². The van der Waals surface area contributed by atoms with Crippen molar-refractivity contribution < 1.29 is 14.3 Å². The summed E-state index contributed by atoms with van der Waals surface area (Å²) in [6.07, 6.45) is -1.69. The second kappa shape index (κ2) is 22.7. The average Bonchev–Trinajstić information content (AvgIpc) is 3.80. The molecule has 30 heteroatoms. The number of thioether (sulfide) groups is 1. The number of nitrogens with zero attached hydrogens (tertiary/aromatic N) is 1. The molecular formula is C10H17B24NO3S2. The second-order valence-corrected chi connectivity index (χ2v) is 11.9. The first-order chi connectivity index (χ1) is 18.7. The molecular weight excluding hydrogens is 506 g/mol. The van der Waals surface area contributed by atoms with E-state index in [-0.39, 0.29) is 18.7 Å². The lowest BCUT2D eigenvalue weighted by Crippen LogP contribution is -2.63. The zero-order valence-electron chi connectivity index (χ0n) is 23.0. The van der Waals surface area contributed by atoms with Crippen molar-refractivity contribution in [2.45, 2.75) is 29.4 Å². The number of ether oxygens (including phenoxy) is 1. The molecule has 40 heavy (non-hydrogen) atoms. The monoisotopic (exact) mass is 527 g/mol. The van der Waals surface area contributed by atoms with Gasteiger partial charge in [0.15, 0.2) is 0 Å². The van der Waals surface area contributed by atoms with Crippen molar-refractivity contribution in [1.29, 1.82) is 0 Å². The predicted molar refractivity (Wildman–Crippen MR) is 207 cm³/mol. The van der Waals surface area contributed by atoms with E-state index in [9.17, 15) is 9.59 Å². The highest BCUT2D eigenvalue weighted by Crippen LogP contribution is 2.27. The fourth-order valence-corrected chi connectivity index (χ4v) is 4.42. The molecule has 0 aromatic heterocycles. The van der Waals surface area contributed by atoms with Crippen LogP contribution in [0.25, 0.3) is 0 Å². The van der Waals surface area contributed by atoms with Gasteiger partial charge in [-0.15, -0.1) is 0 Å². The molecule has 0 aliphatic carbocycles. The molecule has 3 saturated heterocycles. The Morgan fingerprint density at radius 2 is 1.30 bits per heavy atom. The Bertz CT molecular complexity index is 662. The molecule has 26 radical (unpaired) electrons. The van der Waals surface area contributed by atoms with Gasteiger partial charge >= 0.3 is 6.09 Å². The normalized spacial score (nSPS) is 16.9. The SMILES string of the molecule is O=C(CCSC1BC1)N1CCOC1=O.SC1BC1.[B][B]B([B])B(B([B])[B])B([B])[B].[B][B]B([B])B(B([B])[B])B([B])[B]. The number of cyclic esters (lactones) is 1. The number of imide groups is 1. The quantitative estimate of drug-likeness (QED) is 0.204. The molecule has 0 aromatic carbocycles. The van der Waals surface area contributed by atoms with Gasteiger partial charge in [-0.05, 0) is 10.3 Å². The topological polar surface area (TPSA) is 46.6 Å². The Balaban J connectivity index is 0.000000537. The molecule has 0 saturated carbocycles. The maximum Gasteiger partial charge on any atom is 0.416 e. The Hall–Kier alpha value is 1.20. The van der Waals surface area contributed by atoms with Gasteiger partial charge in [0.25, 0.3) is 0 Å². The minimum Gasteiger partial charge on any atom is -0.447 e.